The highest BCUT2D eigenvalue weighted by Crippen LogP contribution is 2.54. The maximum atomic E-state index is 12.8. The van der Waals surface area contributed by atoms with E-state index in [0.717, 1.165) is 48.0 Å². The van der Waals surface area contributed by atoms with Gasteiger partial charge in [0, 0.05) is 31.6 Å². The highest BCUT2D eigenvalue weighted by Gasteiger charge is 2.39. The van der Waals surface area contributed by atoms with Crippen molar-refractivity contribution in [3.63, 3.8) is 0 Å². The lowest BCUT2D eigenvalue weighted by atomic mass is 9.91. The Balaban J connectivity index is 0.978. The molecule has 6 rings (SSSR count). The molecule has 39 heavy (non-hydrogen) atoms. The van der Waals surface area contributed by atoms with E-state index in [2.05, 4.69) is 71.3 Å². The molecule has 6 heteroatoms. The van der Waals surface area contributed by atoms with Gasteiger partial charge in [-0.3, -0.25) is 4.79 Å². The molecule has 4 aromatic rings. The second-order valence-electron chi connectivity index (χ2n) is 11.3. The third-order valence-electron chi connectivity index (χ3n) is 8.22. The molecule has 0 radical (unpaired) electrons. The molecule has 2 aliphatic rings. The van der Waals surface area contributed by atoms with Crippen LogP contribution in [0.4, 0.5) is 11.8 Å². The second-order valence-corrected chi connectivity index (χ2v) is 11.3. The average molecular weight is 520 g/mol. The lowest BCUT2D eigenvalue weighted by Gasteiger charge is -2.30. The van der Waals surface area contributed by atoms with Crippen LogP contribution in [-0.4, -0.2) is 42.1 Å². The predicted molar refractivity (Wildman–Crippen MR) is 158 cm³/mol. The molecule has 200 valence electrons. The molecule has 2 saturated carbocycles. The van der Waals surface area contributed by atoms with E-state index in [0.29, 0.717) is 30.2 Å². The molecule has 6 nitrogen and oxygen atoms in total. The molecule has 2 N–H and O–H groups in total. The van der Waals surface area contributed by atoms with Crippen molar-refractivity contribution in [1.82, 2.24) is 15.3 Å². The molecule has 1 amide bonds. The van der Waals surface area contributed by atoms with Crippen LogP contribution in [0.1, 0.15) is 60.6 Å². The SMILES string of the molecule is CN(C)c1nc(NC2CCC(NC(=O)Cc3ccc(C4CC4c4ccccc4)cc3)CC2)nc2ccccc12. The van der Waals surface area contributed by atoms with Crippen LogP contribution in [0.2, 0.25) is 0 Å². The summed E-state index contributed by atoms with van der Waals surface area (Å²) in [6.07, 6.45) is 5.53. The summed E-state index contributed by atoms with van der Waals surface area (Å²) in [7, 11) is 4.02. The quantitative estimate of drug-likeness (QED) is 0.297. The van der Waals surface area contributed by atoms with Crippen molar-refractivity contribution in [2.75, 3.05) is 24.3 Å². The molecule has 0 saturated heterocycles. The second kappa shape index (κ2) is 11.0. The van der Waals surface area contributed by atoms with Gasteiger partial charge in [-0.1, -0.05) is 66.7 Å². The number of carbonyl (C=O) groups excluding carboxylic acids is 1. The molecular formula is C33H37N5O. The minimum atomic E-state index is 0.112. The Labute approximate surface area is 230 Å². The number of hydrogen-bond acceptors (Lipinski definition) is 5. The van der Waals surface area contributed by atoms with E-state index in [1.807, 2.05) is 37.2 Å². The third-order valence-corrected chi connectivity index (χ3v) is 8.22. The minimum absolute atomic E-state index is 0.112. The maximum Gasteiger partial charge on any atom is 0.225 e. The van der Waals surface area contributed by atoms with Crippen molar-refractivity contribution < 1.29 is 4.79 Å². The van der Waals surface area contributed by atoms with Gasteiger partial charge in [0.2, 0.25) is 11.9 Å². The molecule has 0 bridgehead atoms. The summed E-state index contributed by atoms with van der Waals surface area (Å²) < 4.78 is 0. The van der Waals surface area contributed by atoms with Crippen molar-refractivity contribution >= 4 is 28.6 Å². The minimum Gasteiger partial charge on any atom is -0.362 e. The summed E-state index contributed by atoms with van der Waals surface area (Å²) in [5, 5.41) is 7.88. The Morgan fingerprint density at radius 1 is 0.795 bits per heavy atom. The number of nitrogens with one attached hydrogen (secondary N) is 2. The average Bonchev–Trinajstić information content (AvgIpc) is 3.76. The van der Waals surface area contributed by atoms with Crippen molar-refractivity contribution in [2.24, 2.45) is 0 Å². The van der Waals surface area contributed by atoms with E-state index in [9.17, 15) is 4.79 Å². The zero-order valence-corrected chi connectivity index (χ0v) is 22.8. The first kappa shape index (κ1) is 25.4. The number of carbonyl (C=O) groups is 1. The van der Waals surface area contributed by atoms with Crippen LogP contribution < -0.4 is 15.5 Å². The summed E-state index contributed by atoms with van der Waals surface area (Å²) in [4.78, 5) is 24.4. The van der Waals surface area contributed by atoms with Crippen LogP contribution in [0.15, 0.2) is 78.9 Å². The Bertz CT molecular complexity index is 1430. The van der Waals surface area contributed by atoms with E-state index in [1.165, 1.54) is 17.5 Å². The number of anilines is 2. The standard InChI is InChI=1S/C33H37N5O/c1-38(2)32-27-10-6-7-11-30(27)36-33(37-32)35-26-18-16-25(17-19-26)34-31(39)20-22-12-14-24(15-13-22)29-21-28(29)23-8-4-3-5-9-23/h3-15,25-26,28-29H,16-21H2,1-2H3,(H,34,39)(H,35,36,37). The largest absolute Gasteiger partial charge is 0.362 e. The topological polar surface area (TPSA) is 70.2 Å². The van der Waals surface area contributed by atoms with Gasteiger partial charge in [0.25, 0.3) is 0 Å². The number of fused-ring (bicyclic) bond motifs is 1. The van der Waals surface area contributed by atoms with Crippen LogP contribution >= 0.6 is 0 Å². The number of aromatic nitrogens is 2. The van der Waals surface area contributed by atoms with E-state index < -0.39 is 0 Å². The Morgan fingerprint density at radius 2 is 1.44 bits per heavy atom. The lowest BCUT2D eigenvalue weighted by molar-refractivity contribution is -0.121. The van der Waals surface area contributed by atoms with Crippen molar-refractivity contribution in [3.8, 4) is 0 Å². The normalized spacial score (nSPS) is 22.3. The molecule has 2 fully saturated rings. The fourth-order valence-corrected chi connectivity index (χ4v) is 6.01. The fraction of sp³-hybridized carbons (Fsp3) is 0.364. The summed E-state index contributed by atoms with van der Waals surface area (Å²) in [5.41, 5.74) is 4.83. The molecular weight excluding hydrogens is 482 g/mol. The smallest absolute Gasteiger partial charge is 0.225 e. The van der Waals surface area contributed by atoms with Gasteiger partial charge in [-0.05, 0) is 72.8 Å². The maximum absolute atomic E-state index is 12.8. The number of para-hydroxylation sites is 1. The van der Waals surface area contributed by atoms with Crippen LogP contribution in [-0.2, 0) is 11.2 Å². The first-order valence-corrected chi connectivity index (χ1v) is 14.2. The monoisotopic (exact) mass is 519 g/mol. The van der Waals surface area contributed by atoms with Gasteiger partial charge < -0.3 is 15.5 Å². The van der Waals surface area contributed by atoms with Gasteiger partial charge >= 0.3 is 0 Å². The fourth-order valence-electron chi connectivity index (χ4n) is 6.01. The van der Waals surface area contributed by atoms with Gasteiger partial charge in [-0.2, -0.15) is 4.98 Å². The number of rotatable bonds is 8. The number of hydrogen-bond donors (Lipinski definition) is 2. The molecule has 2 aliphatic carbocycles. The van der Waals surface area contributed by atoms with Crippen molar-refractivity contribution in [3.05, 3.63) is 95.6 Å². The lowest BCUT2D eigenvalue weighted by Crippen LogP contribution is -2.40. The van der Waals surface area contributed by atoms with E-state index in [-0.39, 0.29) is 11.9 Å². The van der Waals surface area contributed by atoms with Crippen LogP contribution in [0.25, 0.3) is 10.9 Å². The van der Waals surface area contributed by atoms with Crippen LogP contribution in [0, 0.1) is 0 Å². The summed E-state index contributed by atoms with van der Waals surface area (Å²) >= 11 is 0. The Morgan fingerprint density at radius 3 is 2.15 bits per heavy atom. The molecule has 1 aromatic heterocycles. The predicted octanol–water partition coefficient (Wildman–Crippen LogP) is 6.05. The molecule has 3 aromatic carbocycles. The van der Waals surface area contributed by atoms with Gasteiger partial charge in [0.15, 0.2) is 0 Å². The highest BCUT2D eigenvalue weighted by atomic mass is 16.1. The molecule has 1 heterocycles. The zero-order chi connectivity index (χ0) is 26.8. The summed E-state index contributed by atoms with van der Waals surface area (Å²) in [6, 6.07) is 28.1. The molecule has 0 spiro atoms. The first-order valence-electron chi connectivity index (χ1n) is 14.2. The summed E-state index contributed by atoms with van der Waals surface area (Å²) in [5.74, 6) is 2.95. The van der Waals surface area contributed by atoms with Gasteiger partial charge in [0.1, 0.15) is 5.82 Å². The van der Waals surface area contributed by atoms with E-state index in [1.54, 1.807) is 0 Å². The molecule has 2 atom stereocenters. The van der Waals surface area contributed by atoms with Gasteiger partial charge in [0.05, 0.1) is 11.9 Å². The molecule has 2 unspecified atom stereocenters. The third kappa shape index (κ3) is 5.90. The van der Waals surface area contributed by atoms with Gasteiger partial charge in [-0.25, -0.2) is 4.98 Å². The Hall–Kier alpha value is -3.93. The van der Waals surface area contributed by atoms with Crippen LogP contribution in [0.5, 0.6) is 0 Å². The van der Waals surface area contributed by atoms with E-state index >= 15 is 0 Å². The van der Waals surface area contributed by atoms with Crippen molar-refractivity contribution in [2.45, 2.75) is 62.4 Å². The highest BCUT2D eigenvalue weighted by molar-refractivity contribution is 5.90. The zero-order valence-electron chi connectivity index (χ0n) is 22.8. The Kier molecular flexibility index (Phi) is 7.18. The number of nitrogens with zero attached hydrogens (tertiary/aromatic N) is 3. The van der Waals surface area contributed by atoms with Crippen molar-refractivity contribution in [1.29, 1.82) is 0 Å². The molecule has 0 aliphatic heterocycles. The van der Waals surface area contributed by atoms with E-state index in [4.69, 9.17) is 9.97 Å². The number of benzene rings is 3. The van der Waals surface area contributed by atoms with Crippen LogP contribution in [0.3, 0.4) is 0 Å². The first-order chi connectivity index (χ1) is 19.0. The number of amides is 1. The van der Waals surface area contributed by atoms with Gasteiger partial charge in [-0.15, -0.1) is 0 Å². The summed E-state index contributed by atoms with van der Waals surface area (Å²) in [6.45, 7) is 0.